The normalized spacial score (nSPS) is 29.4. The molecule has 1 rings (SSSR count). The summed E-state index contributed by atoms with van der Waals surface area (Å²) in [5.74, 6) is -0.835. The molecule has 0 saturated carbocycles. The van der Waals surface area contributed by atoms with Crippen LogP contribution in [0.1, 0.15) is 26.7 Å². The van der Waals surface area contributed by atoms with E-state index in [0.717, 1.165) is 13.0 Å². The summed E-state index contributed by atoms with van der Waals surface area (Å²) < 4.78 is 5.57. The number of carbonyl (C=O) groups is 1. The zero-order chi connectivity index (χ0) is 10.8. The molecular formula is C10H19NO3. The van der Waals surface area contributed by atoms with Gasteiger partial charge in [-0.1, -0.05) is 0 Å². The number of rotatable bonds is 3. The SMILES string of the molecule is CC(C)OC1(C(=O)O)CCCN(C)C1. The molecule has 14 heavy (non-hydrogen) atoms. The molecule has 1 aliphatic heterocycles. The Morgan fingerprint density at radius 2 is 2.21 bits per heavy atom. The lowest BCUT2D eigenvalue weighted by Crippen LogP contribution is -2.54. The third kappa shape index (κ3) is 2.45. The Kier molecular flexibility index (Phi) is 3.50. The molecule has 1 fully saturated rings. The van der Waals surface area contributed by atoms with Crippen molar-refractivity contribution in [2.24, 2.45) is 0 Å². The van der Waals surface area contributed by atoms with Crippen LogP contribution in [-0.4, -0.2) is 47.8 Å². The molecule has 4 heteroatoms. The van der Waals surface area contributed by atoms with Gasteiger partial charge in [0.05, 0.1) is 6.10 Å². The number of piperidine rings is 1. The molecule has 0 amide bonds. The van der Waals surface area contributed by atoms with E-state index in [-0.39, 0.29) is 6.10 Å². The molecule has 1 atom stereocenters. The average molecular weight is 201 g/mol. The van der Waals surface area contributed by atoms with Crippen molar-refractivity contribution in [1.82, 2.24) is 4.90 Å². The first-order chi connectivity index (χ1) is 6.46. The van der Waals surface area contributed by atoms with Crippen LogP contribution in [0.4, 0.5) is 0 Å². The highest BCUT2D eigenvalue weighted by atomic mass is 16.5. The lowest BCUT2D eigenvalue weighted by atomic mass is 9.92. The molecule has 1 unspecified atom stereocenters. The van der Waals surface area contributed by atoms with Crippen LogP contribution in [0.2, 0.25) is 0 Å². The van der Waals surface area contributed by atoms with Crippen molar-refractivity contribution in [3.8, 4) is 0 Å². The Labute approximate surface area is 84.8 Å². The summed E-state index contributed by atoms with van der Waals surface area (Å²) in [4.78, 5) is 13.2. The Balaban J connectivity index is 2.75. The van der Waals surface area contributed by atoms with Crippen LogP contribution in [0.25, 0.3) is 0 Å². The van der Waals surface area contributed by atoms with Crippen molar-refractivity contribution < 1.29 is 14.6 Å². The van der Waals surface area contributed by atoms with Crippen molar-refractivity contribution in [3.63, 3.8) is 0 Å². The summed E-state index contributed by atoms with van der Waals surface area (Å²) in [5.41, 5.74) is -0.985. The van der Waals surface area contributed by atoms with E-state index in [1.165, 1.54) is 0 Å². The molecular weight excluding hydrogens is 182 g/mol. The molecule has 0 aromatic rings. The Morgan fingerprint density at radius 3 is 2.64 bits per heavy atom. The van der Waals surface area contributed by atoms with Gasteiger partial charge in [-0.2, -0.15) is 0 Å². The zero-order valence-corrected chi connectivity index (χ0v) is 9.12. The number of likely N-dealkylation sites (tertiary alicyclic amines) is 1. The van der Waals surface area contributed by atoms with Crippen LogP contribution in [0, 0.1) is 0 Å². The second-order valence-corrected chi connectivity index (χ2v) is 4.31. The standard InChI is InChI=1S/C10H19NO3/c1-8(2)14-10(9(12)13)5-4-6-11(3)7-10/h8H,4-7H2,1-3H3,(H,12,13). The van der Waals surface area contributed by atoms with Gasteiger partial charge in [-0.25, -0.2) is 4.79 Å². The van der Waals surface area contributed by atoms with Gasteiger partial charge in [-0.3, -0.25) is 0 Å². The van der Waals surface area contributed by atoms with E-state index in [1.807, 2.05) is 25.8 Å². The van der Waals surface area contributed by atoms with Gasteiger partial charge in [0.2, 0.25) is 0 Å². The van der Waals surface area contributed by atoms with E-state index in [0.29, 0.717) is 13.0 Å². The molecule has 0 aromatic carbocycles. The van der Waals surface area contributed by atoms with Gasteiger partial charge >= 0.3 is 5.97 Å². The van der Waals surface area contributed by atoms with Gasteiger partial charge in [0.15, 0.2) is 5.60 Å². The predicted molar refractivity (Wildman–Crippen MR) is 53.3 cm³/mol. The molecule has 1 heterocycles. The molecule has 0 spiro atoms. The quantitative estimate of drug-likeness (QED) is 0.739. The predicted octanol–water partition coefficient (Wildman–Crippen LogP) is 0.960. The Hall–Kier alpha value is -0.610. The van der Waals surface area contributed by atoms with Crippen LogP contribution < -0.4 is 0 Å². The van der Waals surface area contributed by atoms with Gasteiger partial charge in [-0.05, 0) is 40.3 Å². The summed E-state index contributed by atoms with van der Waals surface area (Å²) in [7, 11) is 1.93. The zero-order valence-electron chi connectivity index (χ0n) is 9.12. The van der Waals surface area contributed by atoms with E-state index < -0.39 is 11.6 Å². The third-order valence-electron chi connectivity index (χ3n) is 2.50. The number of nitrogens with zero attached hydrogens (tertiary/aromatic N) is 1. The fourth-order valence-corrected chi connectivity index (χ4v) is 2.00. The van der Waals surface area contributed by atoms with Crippen LogP contribution in [0.3, 0.4) is 0 Å². The van der Waals surface area contributed by atoms with E-state index >= 15 is 0 Å². The summed E-state index contributed by atoms with van der Waals surface area (Å²) in [6, 6.07) is 0. The van der Waals surface area contributed by atoms with Crippen LogP contribution in [0.15, 0.2) is 0 Å². The monoisotopic (exact) mass is 201 g/mol. The Bertz CT molecular complexity index is 213. The number of carboxylic acid groups (broad SMARTS) is 1. The highest BCUT2D eigenvalue weighted by Crippen LogP contribution is 2.26. The number of hydrogen-bond donors (Lipinski definition) is 1. The topological polar surface area (TPSA) is 49.8 Å². The molecule has 1 aliphatic rings. The fourth-order valence-electron chi connectivity index (χ4n) is 2.00. The minimum absolute atomic E-state index is 0.0439. The molecule has 1 N–H and O–H groups in total. The summed E-state index contributed by atoms with van der Waals surface area (Å²) in [6.45, 7) is 5.19. The summed E-state index contributed by atoms with van der Waals surface area (Å²) in [5, 5.41) is 9.20. The van der Waals surface area contributed by atoms with E-state index in [4.69, 9.17) is 4.74 Å². The van der Waals surface area contributed by atoms with E-state index in [9.17, 15) is 9.90 Å². The van der Waals surface area contributed by atoms with Gasteiger partial charge in [0.25, 0.3) is 0 Å². The molecule has 0 aromatic heterocycles. The van der Waals surface area contributed by atoms with Crippen molar-refractivity contribution in [3.05, 3.63) is 0 Å². The van der Waals surface area contributed by atoms with Crippen molar-refractivity contribution in [1.29, 1.82) is 0 Å². The summed E-state index contributed by atoms with van der Waals surface area (Å²) >= 11 is 0. The summed E-state index contributed by atoms with van der Waals surface area (Å²) in [6.07, 6.45) is 1.46. The molecule has 4 nitrogen and oxygen atoms in total. The first-order valence-corrected chi connectivity index (χ1v) is 5.06. The average Bonchev–Trinajstić information content (AvgIpc) is 2.02. The van der Waals surface area contributed by atoms with Gasteiger partial charge < -0.3 is 14.7 Å². The van der Waals surface area contributed by atoms with E-state index in [2.05, 4.69) is 0 Å². The number of aliphatic carboxylic acids is 1. The number of ether oxygens (including phenoxy) is 1. The van der Waals surface area contributed by atoms with Gasteiger partial charge in [0.1, 0.15) is 0 Å². The van der Waals surface area contributed by atoms with Crippen LogP contribution in [0.5, 0.6) is 0 Å². The molecule has 1 saturated heterocycles. The Morgan fingerprint density at radius 1 is 1.57 bits per heavy atom. The lowest BCUT2D eigenvalue weighted by molar-refractivity contribution is -0.180. The largest absolute Gasteiger partial charge is 0.479 e. The second kappa shape index (κ2) is 4.28. The van der Waals surface area contributed by atoms with Crippen molar-refractivity contribution in [2.45, 2.75) is 38.4 Å². The van der Waals surface area contributed by atoms with Crippen molar-refractivity contribution >= 4 is 5.97 Å². The van der Waals surface area contributed by atoms with Gasteiger partial charge in [-0.15, -0.1) is 0 Å². The first kappa shape index (κ1) is 11.5. The highest BCUT2D eigenvalue weighted by Gasteiger charge is 2.43. The first-order valence-electron chi connectivity index (χ1n) is 5.06. The number of likely N-dealkylation sites (N-methyl/N-ethyl adjacent to an activating group) is 1. The smallest absolute Gasteiger partial charge is 0.337 e. The lowest BCUT2D eigenvalue weighted by Gasteiger charge is -2.39. The number of carboxylic acids is 1. The molecule has 82 valence electrons. The second-order valence-electron chi connectivity index (χ2n) is 4.31. The molecule has 0 aliphatic carbocycles. The van der Waals surface area contributed by atoms with Crippen molar-refractivity contribution in [2.75, 3.05) is 20.1 Å². The maximum atomic E-state index is 11.2. The number of hydrogen-bond acceptors (Lipinski definition) is 3. The molecule has 0 radical (unpaired) electrons. The molecule has 0 bridgehead atoms. The fraction of sp³-hybridized carbons (Fsp3) is 0.900. The van der Waals surface area contributed by atoms with Crippen LogP contribution in [-0.2, 0) is 9.53 Å². The maximum absolute atomic E-state index is 11.2. The highest BCUT2D eigenvalue weighted by molar-refractivity contribution is 5.78. The third-order valence-corrected chi connectivity index (χ3v) is 2.50. The maximum Gasteiger partial charge on any atom is 0.337 e. The minimum atomic E-state index is -0.985. The van der Waals surface area contributed by atoms with Crippen LogP contribution >= 0.6 is 0 Å². The van der Waals surface area contributed by atoms with E-state index in [1.54, 1.807) is 0 Å². The van der Waals surface area contributed by atoms with Gasteiger partial charge in [0, 0.05) is 6.54 Å². The minimum Gasteiger partial charge on any atom is -0.479 e.